The molecular weight excluding hydrogens is 347 g/mol. The highest BCUT2D eigenvalue weighted by Crippen LogP contribution is 2.47. The highest BCUT2D eigenvalue weighted by Gasteiger charge is 2.49. The monoisotopic (exact) mass is 361 g/mol. The van der Waals surface area contributed by atoms with E-state index in [2.05, 4.69) is 6.07 Å². The summed E-state index contributed by atoms with van der Waals surface area (Å²) in [5.74, 6) is 0.226. The number of hydrogen-bond acceptors (Lipinski definition) is 5. The Balaban J connectivity index is 2.01. The molecular formula is C15H14F3NO4S. The summed E-state index contributed by atoms with van der Waals surface area (Å²) in [6, 6.07) is 4.12. The van der Waals surface area contributed by atoms with Gasteiger partial charge in [0.25, 0.3) is 9.84 Å². The van der Waals surface area contributed by atoms with Gasteiger partial charge in [-0.05, 0) is 37.8 Å². The molecule has 130 valence electrons. The average Bonchev–Trinajstić information content (AvgIpc) is 3.20. The zero-order chi connectivity index (χ0) is 17.8. The molecule has 1 unspecified atom stereocenters. The molecule has 0 heterocycles. The molecule has 24 heavy (non-hydrogen) atoms. The van der Waals surface area contributed by atoms with Crippen LogP contribution >= 0.6 is 0 Å². The number of sulfone groups is 1. The van der Waals surface area contributed by atoms with Gasteiger partial charge in [-0.2, -0.15) is 18.4 Å². The molecule has 1 aromatic rings. The second-order valence-electron chi connectivity index (χ2n) is 6.14. The van der Waals surface area contributed by atoms with Crippen LogP contribution in [0.2, 0.25) is 0 Å². The largest absolute Gasteiger partial charge is 0.501 e. The molecule has 9 heteroatoms. The number of fused-ring (bicyclic) bond motifs is 1. The number of alkyl halides is 3. The maximum absolute atomic E-state index is 12.8. The molecule has 1 aromatic carbocycles. The molecule has 2 aliphatic carbocycles. The molecule has 0 amide bonds. The topological polar surface area (TPSA) is 87.4 Å². The fraction of sp³-hybridized carbons (Fsp3) is 0.533. The van der Waals surface area contributed by atoms with Crippen molar-refractivity contribution in [1.29, 1.82) is 5.26 Å². The van der Waals surface area contributed by atoms with Crippen molar-refractivity contribution in [2.45, 2.75) is 42.2 Å². The van der Waals surface area contributed by atoms with Gasteiger partial charge in [0, 0.05) is 11.1 Å². The lowest BCUT2D eigenvalue weighted by Gasteiger charge is -2.17. The Bertz CT molecular complexity index is 822. The third-order valence-electron chi connectivity index (χ3n) is 4.46. The Morgan fingerprint density at radius 3 is 2.58 bits per heavy atom. The minimum Gasteiger partial charge on any atom is -0.492 e. The van der Waals surface area contributed by atoms with Gasteiger partial charge in [-0.15, -0.1) is 0 Å². The Morgan fingerprint density at radius 2 is 2.04 bits per heavy atom. The van der Waals surface area contributed by atoms with Gasteiger partial charge in [-0.25, -0.2) is 8.42 Å². The summed E-state index contributed by atoms with van der Waals surface area (Å²) in [7, 11) is -5.55. The van der Waals surface area contributed by atoms with Gasteiger partial charge in [0.15, 0.2) is 0 Å². The molecule has 0 aliphatic heterocycles. The number of aliphatic hydroxyl groups excluding tert-OH is 1. The van der Waals surface area contributed by atoms with Gasteiger partial charge in [-0.3, -0.25) is 0 Å². The number of hydrogen-bond donors (Lipinski definition) is 1. The molecule has 2 aliphatic rings. The summed E-state index contributed by atoms with van der Waals surface area (Å²) in [4.78, 5) is -0.927. The van der Waals surface area contributed by atoms with Gasteiger partial charge < -0.3 is 9.84 Å². The van der Waals surface area contributed by atoms with E-state index >= 15 is 0 Å². The predicted molar refractivity (Wildman–Crippen MR) is 75.7 cm³/mol. The summed E-state index contributed by atoms with van der Waals surface area (Å²) < 4.78 is 67.5. The second kappa shape index (κ2) is 5.36. The molecule has 1 fully saturated rings. The van der Waals surface area contributed by atoms with Crippen LogP contribution in [0.25, 0.3) is 0 Å². The van der Waals surface area contributed by atoms with Gasteiger partial charge in [0.2, 0.25) is 0 Å². The highest BCUT2D eigenvalue weighted by molar-refractivity contribution is 7.92. The molecule has 1 saturated carbocycles. The van der Waals surface area contributed by atoms with Crippen molar-refractivity contribution in [2.75, 3.05) is 6.61 Å². The molecule has 0 bridgehead atoms. The van der Waals surface area contributed by atoms with E-state index in [0.29, 0.717) is 12.8 Å². The smallest absolute Gasteiger partial charge is 0.492 e. The quantitative estimate of drug-likeness (QED) is 0.891. The number of halogens is 3. The first-order chi connectivity index (χ1) is 11.1. The summed E-state index contributed by atoms with van der Waals surface area (Å²) in [5.41, 5.74) is -5.99. The van der Waals surface area contributed by atoms with E-state index in [0.717, 1.165) is 6.07 Å². The molecule has 0 aromatic heterocycles. The number of aliphatic hydroxyl groups is 1. The number of benzene rings is 1. The Kier molecular flexibility index (Phi) is 3.81. The van der Waals surface area contributed by atoms with Crippen LogP contribution in [0.15, 0.2) is 17.0 Å². The van der Waals surface area contributed by atoms with E-state index in [1.807, 2.05) is 0 Å². The van der Waals surface area contributed by atoms with Crippen molar-refractivity contribution < 1.29 is 31.4 Å². The van der Waals surface area contributed by atoms with E-state index in [-0.39, 0.29) is 36.3 Å². The number of nitrogens with zero attached hydrogens (tertiary/aromatic N) is 1. The van der Waals surface area contributed by atoms with E-state index in [4.69, 9.17) is 10.00 Å². The maximum Gasteiger partial charge on any atom is 0.501 e. The van der Waals surface area contributed by atoms with E-state index in [9.17, 15) is 26.7 Å². The van der Waals surface area contributed by atoms with Crippen LogP contribution in [-0.4, -0.2) is 25.6 Å². The molecule has 1 N–H and O–H groups in total. The third-order valence-corrected chi connectivity index (χ3v) is 6.01. The zero-order valence-electron chi connectivity index (χ0n) is 12.4. The third kappa shape index (κ3) is 2.63. The van der Waals surface area contributed by atoms with Crippen molar-refractivity contribution in [3.63, 3.8) is 0 Å². The van der Waals surface area contributed by atoms with Crippen LogP contribution in [-0.2, 0) is 16.3 Å². The number of rotatable bonds is 4. The summed E-state index contributed by atoms with van der Waals surface area (Å²) in [5, 5.41) is 19.0. The standard InChI is InChI=1S/C15H14F3NO4S/c16-15(17,18)24(21,22)12-4-3-11(9-1-2-10(20)13(9)12)23-8-14(7-19)5-6-14/h3-4,10,20H,1-2,5-6,8H2. The molecule has 0 radical (unpaired) electrons. The molecule has 0 spiro atoms. The van der Waals surface area contributed by atoms with Crippen molar-refractivity contribution in [1.82, 2.24) is 0 Å². The van der Waals surface area contributed by atoms with Crippen molar-refractivity contribution in [3.05, 3.63) is 23.3 Å². The lowest BCUT2D eigenvalue weighted by molar-refractivity contribution is -0.0437. The van der Waals surface area contributed by atoms with Crippen LogP contribution in [0, 0.1) is 16.7 Å². The van der Waals surface area contributed by atoms with Gasteiger partial charge in [0.1, 0.15) is 12.4 Å². The van der Waals surface area contributed by atoms with Gasteiger partial charge >= 0.3 is 5.51 Å². The van der Waals surface area contributed by atoms with Gasteiger partial charge in [0.05, 0.1) is 22.5 Å². The maximum atomic E-state index is 12.8. The Hall–Kier alpha value is -1.79. The van der Waals surface area contributed by atoms with Crippen molar-refractivity contribution in [2.24, 2.45) is 5.41 Å². The Labute approximate surface area is 136 Å². The minimum absolute atomic E-state index is 0.0946. The van der Waals surface area contributed by atoms with Crippen LogP contribution in [0.4, 0.5) is 13.2 Å². The molecule has 1 atom stereocenters. The van der Waals surface area contributed by atoms with Crippen molar-refractivity contribution in [3.8, 4) is 11.8 Å². The minimum atomic E-state index is -5.55. The first-order valence-electron chi connectivity index (χ1n) is 7.30. The SMILES string of the molecule is N#CC1(COc2ccc(S(=O)(=O)C(F)(F)F)c3c2CCC3O)CC1. The first kappa shape index (κ1) is 17.0. The van der Waals surface area contributed by atoms with E-state index in [1.165, 1.54) is 6.07 Å². The van der Waals surface area contributed by atoms with Gasteiger partial charge in [-0.1, -0.05) is 0 Å². The highest BCUT2D eigenvalue weighted by atomic mass is 32.2. The summed E-state index contributed by atoms with van der Waals surface area (Å²) in [6.07, 6.45) is 0.428. The van der Waals surface area contributed by atoms with Crippen molar-refractivity contribution >= 4 is 9.84 Å². The lowest BCUT2D eigenvalue weighted by Crippen LogP contribution is -2.25. The fourth-order valence-corrected chi connectivity index (χ4v) is 3.87. The number of nitriles is 1. The van der Waals surface area contributed by atoms with Crippen LogP contribution in [0.3, 0.4) is 0 Å². The zero-order valence-corrected chi connectivity index (χ0v) is 13.2. The molecule has 5 nitrogen and oxygen atoms in total. The molecule has 3 rings (SSSR count). The van der Waals surface area contributed by atoms with E-state index in [1.54, 1.807) is 0 Å². The summed E-state index contributed by atoms with van der Waals surface area (Å²) >= 11 is 0. The summed E-state index contributed by atoms with van der Waals surface area (Å²) in [6.45, 7) is 0.0946. The van der Waals surface area contributed by atoms with Crippen LogP contribution < -0.4 is 4.74 Å². The molecule has 0 saturated heterocycles. The predicted octanol–water partition coefficient (Wildman–Crippen LogP) is 2.64. The lowest BCUT2D eigenvalue weighted by atomic mass is 10.1. The normalized spacial score (nSPS) is 21.9. The van der Waals surface area contributed by atoms with Crippen LogP contribution in [0.1, 0.15) is 36.5 Å². The average molecular weight is 361 g/mol. The van der Waals surface area contributed by atoms with E-state index < -0.39 is 31.8 Å². The Morgan fingerprint density at radius 1 is 1.38 bits per heavy atom. The number of ether oxygens (including phenoxy) is 1. The second-order valence-corrected chi connectivity index (χ2v) is 8.05. The first-order valence-corrected chi connectivity index (χ1v) is 8.79. The van der Waals surface area contributed by atoms with Crippen LogP contribution in [0.5, 0.6) is 5.75 Å². The fourth-order valence-electron chi connectivity index (χ4n) is 2.82.